The third kappa shape index (κ3) is 10.2. The number of fused-ring (bicyclic) bond motifs is 6. The number of carbonyl (C=O) groups excluding carboxylic acids is 5. The van der Waals surface area contributed by atoms with Gasteiger partial charge in [0, 0.05) is 68.3 Å². The maximum absolute atomic E-state index is 16.8. The number of hydrogen-bond acceptors (Lipinski definition) is 9. The number of benzene rings is 2. The van der Waals surface area contributed by atoms with Crippen molar-refractivity contribution >= 4 is 40.5 Å². The first kappa shape index (κ1) is 51.7. The van der Waals surface area contributed by atoms with E-state index in [1.807, 2.05) is 57.2 Å². The molecule has 0 saturated carbocycles. The second kappa shape index (κ2) is 20.3. The second-order valence-electron chi connectivity index (χ2n) is 19.8. The second-order valence-corrected chi connectivity index (χ2v) is 19.8. The Balaban J connectivity index is 1.30. The van der Waals surface area contributed by atoms with Gasteiger partial charge in [0.2, 0.25) is 17.5 Å². The lowest BCUT2D eigenvalue weighted by atomic mass is 9.84. The van der Waals surface area contributed by atoms with Crippen molar-refractivity contribution in [3.8, 4) is 22.4 Å². The SMILES string of the molecule is C=CC(=O)N1C[C@H](C(F)(F)F)[C@](F)(C(=O)N(C)[C@H](C(=O)N[C@H]2Cc3cccc(c3)-c3ccc4c(c3)c(c(-c3cccnc3[C@H](C)OC)n4CC)CC(C)(C)COC(=O)[C@@H]3CCCN(N3)C2=O)C(C)C)C1. The van der Waals surface area contributed by atoms with Crippen LogP contribution in [0.5, 0.6) is 0 Å². The Labute approximate surface area is 405 Å². The number of likely N-dealkylation sites (tertiary alicyclic amines) is 1. The van der Waals surface area contributed by atoms with Crippen LogP contribution in [-0.2, 0) is 52.8 Å². The molecule has 2 N–H and O–H groups in total. The molecule has 0 radical (unpaired) electrons. The van der Waals surface area contributed by atoms with E-state index in [1.54, 1.807) is 19.4 Å². The molecular formula is C52H63F4N7O7. The number of cyclic esters (lactones) is 1. The van der Waals surface area contributed by atoms with E-state index in [-0.39, 0.29) is 25.7 Å². The molecular weight excluding hydrogens is 911 g/mol. The van der Waals surface area contributed by atoms with Gasteiger partial charge in [-0.05, 0) is 91.6 Å². The Bertz CT molecular complexity index is 2670. The Morgan fingerprint density at radius 1 is 1.09 bits per heavy atom. The van der Waals surface area contributed by atoms with Gasteiger partial charge in [-0.3, -0.25) is 34.0 Å². The van der Waals surface area contributed by atoms with Gasteiger partial charge in [-0.1, -0.05) is 64.6 Å². The van der Waals surface area contributed by atoms with Gasteiger partial charge in [0.25, 0.3) is 11.8 Å². The number of hydrogen-bond donors (Lipinski definition) is 2. The number of likely N-dealkylation sites (N-methyl/N-ethyl adjacent to an activating group) is 1. The van der Waals surface area contributed by atoms with Crippen LogP contribution in [-0.4, -0.2) is 124 Å². The maximum Gasteiger partial charge on any atom is 0.397 e. The highest BCUT2D eigenvalue weighted by Crippen LogP contribution is 2.45. The first-order chi connectivity index (χ1) is 33.0. The first-order valence-electron chi connectivity index (χ1n) is 23.7. The van der Waals surface area contributed by atoms with E-state index in [2.05, 4.69) is 40.9 Å². The summed E-state index contributed by atoms with van der Waals surface area (Å²) in [7, 11) is 2.68. The van der Waals surface area contributed by atoms with Gasteiger partial charge in [-0.2, -0.15) is 13.2 Å². The minimum Gasteiger partial charge on any atom is -0.464 e. The Kier molecular flexibility index (Phi) is 15.0. The summed E-state index contributed by atoms with van der Waals surface area (Å²) in [5, 5.41) is 5.01. The number of aryl methyl sites for hydroxylation is 1. The number of ether oxygens (including phenoxy) is 2. The molecule has 3 aliphatic heterocycles. The van der Waals surface area contributed by atoms with E-state index in [0.717, 1.165) is 57.7 Å². The van der Waals surface area contributed by atoms with Gasteiger partial charge in [0.05, 0.1) is 30.6 Å². The summed E-state index contributed by atoms with van der Waals surface area (Å²) in [5.74, 6) is -8.41. The molecule has 14 nitrogen and oxygen atoms in total. The fourth-order valence-corrected chi connectivity index (χ4v) is 10.3. The number of amides is 4. The molecule has 376 valence electrons. The van der Waals surface area contributed by atoms with Crippen molar-refractivity contribution in [1.82, 2.24) is 35.1 Å². The van der Waals surface area contributed by atoms with Gasteiger partial charge >= 0.3 is 12.1 Å². The van der Waals surface area contributed by atoms with Gasteiger partial charge in [-0.25, -0.2) is 9.82 Å². The number of aromatic nitrogens is 2. The molecule has 2 saturated heterocycles. The number of esters is 1. The highest BCUT2D eigenvalue weighted by atomic mass is 19.4. The third-order valence-electron chi connectivity index (χ3n) is 13.9. The van der Waals surface area contributed by atoms with Crippen molar-refractivity contribution in [2.24, 2.45) is 17.3 Å². The van der Waals surface area contributed by atoms with E-state index in [1.165, 1.54) is 18.9 Å². The van der Waals surface area contributed by atoms with Crippen LogP contribution in [0, 0.1) is 17.3 Å². The van der Waals surface area contributed by atoms with E-state index in [9.17, 15) is 37.1 Å². The van der Waals surface area contributed by atoms with Crippen LogP contribution >= 0.6 is 0 Å². The lowest BCUT2D eigenvalue weighted by Gasteiger charge is -2.38. The predicted molar refractivity (Wildman–Crippen MR) is 255 cm³/mol. The van der Waals surface area contributed by atoms with Gasteiger partial charge < -0.3 is 29.2 Å². The van der Waals surface area contributed by atoms with Crippen molar-refractivity contribution in [2.75, 3.05) is 40.4 Å². The number of alkyl halides is 4. The number of nitrogens with zero attached hydrogens (tertiary/aromatic N) is 5. The number of methoxy groups -OCH3 is 1. The van der Waals surface area contributed by atoms with Crippen molar-refractivity contribution < 1.29 is 51.0 Å². The van der Waals surface area contributed by atoms with Crippen LogP contribution in [0.4, 0.5) is 17.6 Å². The van der Waals surface area contributed by atoms with E-state index in [4.69, 9.17) is 14.5 Å². The van der Waals surface area contributed by atoms with Gasteiger partial charge in [0.1, 0.15) is 24.0 Å². The minimum absolute atomic E-state index is 0.0420. The number of carbonyl (C=O) groups is 5. The summed E-state index contributed by atoms with van der Waals surface area (Å²) in [6.07, 6.45) is -1.86. The van der Waals surface area contributed by atoms with Crippen LogP contribution in [0.3, 0.4) is 0 Å². The van der Waals surface area contributed by atoms with Crippen LogP contribution in [0.15, 0.2) is 73.4 Å². The topological polar surface area (TPSA) is 155 Å². The molecule has 2 aromatic carbocycles. The fourth-order valence-electron chi connectivity index (χ4n) is 10.3. The number of hydrazine groups is 1. The zero-order valence-corrected chi connectivity index (χ0v) is 41.0. The first-order valence-corrected chi connectivity index (χ1v) is 23.7. The van der Waals surface area contributed by atoms with Crippen molar-refractivity contribution in [1.29, 1.82) is 0 Å². The molecule has 6 bridgehead atoms. The minimum atomic E-state index is -5.22. The van der Waals surface area contributed by atoms with E-state index < -0.39 is 89.9 Å². The van der Waals surface area contributed by atoms with Crippen LogP contribution < -0.4 is 10.7 Å². The van der Waals surface area contributed by atoms with Crippen molar-refractivity contribution in [2.45, 2.75) is 110 Å². The Hall–Kier alpha value is -6.14. The number of nitrogens with one attached hydrogen (secondary N) is 2. The smallest absolute Gasteiger partial charge is 0.397 e. The molecule has 5 heterocycles. The fraction of sp³-hybridized carbons (Fsp3) is 0.500. The highest BCUT2D eigenvalue weighted by molar-refractivity contribution is 5.97. The normalized spacial score (nSPS) is 22.8. The largest absolute Gasteiger partial charge is 0.464 e. The van der Waals surface area contributed by atoms with Crippen molar-refractivity contribution in [3.05, 3.63) is 90.3 Å². The molecule has 4 aromatic rings. The highest BCUT2D eigenvalue weighted by Gasteiger charge is 2.65. The monoisotopic (exact) mass is 973 g/mol. The third-order valence-corrected chi connectivity index (χ3v) is 13.9. The molecule has 7 rings (SSSR count). The van der Waals surface area contributed by atoms with E-state index in [0.29, 0.717) is 41.2 Å². The number of rotatable bonds is 10. The van der Waals surface area contributed by atoms with E-state index >= 15 is 4.39 Å². The summed E-state index contributed by atoms with van der Waals surface area (Å²) < 4.78 is 74.0. The zero-order chi connectivity index (χ0) is 51.0. The molecule has 0 unspecified atom stereocenters. The van der Waals surface area contributed by atoms with Crippen LogP contribution in [0.25, 0.3) is 33.3 Å². The van der Waals surface area contributed by atoms with Crippen LogP contribution in [0.2, 0.25) is 0 Å². The van der Waals surface area contributed by atoms with Gasteiger partial charge in [-0.15, -0.1) is 0 Å². The maximum atomic E-state index is 16.8. The van der Waals surface area contributed by atoms with Crippen LogP contribution in [0.1, 0.15) is 77.3 Å². The average molecular weight is 974 g/mol. The quantitative estimate of drug-likeness (QED) is 0.0959. The standard InChI is InChI=1S/C52H63F4N7O7/c1-10-42(64)61-27-41(52(54,55)56)51(53,28-61)49(68)60(8)44(30(3)4)46(65)58-39-24-32-15-12-16-33(23-32)34-19-20-40-36(25-34)37(45(62(40)11-2)35-17-13-21-57-43(35)31(5)69-9)26-50(6,7)29-70-48(67)38-18-14-22-63(59-38)47(39)66/h10,12-13,15-17,19-21,23,25,30-31,38-39,41,44,59H,1,11,14,18,22,24,26-29H2,2-9H3,(H,58,65)/t31-,38-,39-,41-,44-,51-/m0/s1. The van der Waals surface area contributed by atoms with Crippen molar-refractivity contribution in [3.63, 3.8) is 0 Å². The summed E-state index contributed by atoms with van der Waals surface area (Å²) in [4.78, 5) is 75.5. The number of halogens is 4. The Morgan fingerprint density at radius 3 is 2.49 bits per heavy atom. The number of pyridine rings is 1. The molecule has 18 heteroatoms. The predicted octanol–water partition coefficient (Wildman–Crippen LogP) is 7.14. The molecule has 2 fully saturated rings. The van der Waals surface area contributed by atoms with Gasteiger partial charge in [0.15, 0.2) is 0 Å². The average Bonchev–Trinajstić information content (AvgIpc) is 3.86. The molecule has 2 aromatic heterocycles. The molecule has 70 heavy (non-hydrogen) atoms. The molecule has 6 atom stereocenters. The molecule has 0 aliphatic carbocycles. The lowest BCUT2D eigenvalue weighted by Crippen LogP contribution is -2.63. The summed E-state index contributed by atoms with van der Waals surface area (Å²) in [6.45, 7) is 13.0. The Morgan fingerprint density at radius 2 is 1.81 bits per heavy atom. The summed E-state index contributed by atoms with van der Waals surface area (Å²) in [5.41, 5.74) is 5.82. The summed E-state index contributed by atoms with van der Waals surface area (Å²) in [6, 6.07) is 13.8. The summed E-state index contributed by atoms with van der Waals surface area (Å²) >= 11 is 0. The molecule has 4 amide bonds. The zero-order valence-electron chi connectivity index (χ0n) is 41.0. The molecule has 3 aliphatic rings. The lowest BCUT2D eigenvalue weighted by molar-refractivity contribution is -0.204. The molecule has 0 spiro atoms.